The van der Waals surface area contributed by atoms with Crippen molar-refractivity contribution in [3.05, 3.63) is 158 Å². The van der Waals surface area contributed by atoms with Crippen molar-refractivity contribution < 1.29 is 13.9 Å². The third-order valence-corrected chi connectivity index (χ3v) is 8.87. The van der Waals surface area contributed by atoms with Crippen LogP contribution >= 0.6 is 0 Å². The number of fused-ring (bicyclic) bond motifs is 6. The van der Waals surface area contributed by atoms with Gasteiger partial charge in [0.2, 0.25) is 6.79 Å². The van der Waals surface area contributed by atoms with Crippen LogP contribution in [0.5, 0.6) is 11.5 Å². The van der Waals surface area contributed by atoms with Crippen LogP contribution in [0.1, 0.15) is 0 Å². The van der Waals surface area contributed by atoms with E-state index in [1.54, 1.807) is 0 Å². The summed E-state index contributed by atoms with van der Waals surface area (Å²) >= 11 is 0. The van der Waals surface area contributed by atoms with Crippen LogP contribution in [0, 0.1) is 0 Å². The predicted molar refractivity (Wildman–Crippen MR) is 187 cm³/mol. The Labute approximate surface area is 266 Å². The molecule has 0 N–H and O–H groups in total. The van der Waals surface area contributed by atoms with Gasteiger partial charge in [0.15, 0.2) is 0 Å². The van der Waals surface area contributed by atoms with Crippen molar-refractivity contribution in [2.45, 2.75) is 0 Å². The van der Waals surface area contributed by atoms with Crippen molar-refractivity contribution in [1.82, 2.24) is 0 Å². The van der Waals surface area contributed by atoms with Gasteiger partial charge in [-0.3, -0.25) is 0 Å². The minimum Gasteiger partial charge on any atom is -0.457 e. The Morgan fingerprint density at radius 3 is 1.57 bits per heavy atom. The number of para-hydroxylation sites is 1. The van der Waals surface area contributed by atoms with Crippen LogP contribution in [-0.2, 0) is 0 Å². The smallest absolute Gasteiger partial charge is 0.230 e. The van der Waals surface area contributed by atoms with Crippen molar-refractivity contribution in [1.29, 1.82) is 0 Å². The molecule has 0 atom stereocenters. The first-order valence-corrected chi connectivity index (χ1v) is 15.5. The molecule has 2 heterocycles. The van der Waals surface area contributed by atoms with Gasteiger partial charge in [0.05, 0.1) is 0 Å². The number of furan rings is 1. The number of hydrogen-bond acceptors (Lipinski definition) is 3. The summed E-state index contributed by atoms with van der Waals surface area (Å²) < 4.78 is 18.5. The highest BCUT2D eigenvalue weighted by Crippen LogP contribution is 2.45. The summed E-state index contributed by atoms with van der Waals surface area (Å²) in [6.45, 7) is 0.155. The van der Waals surface area contributed by atoms with E-state index in [4.69, 9.17) is 13.9 Å². The Hall–Kier alpha value is -6.06. The molecule has 7 aromatic carbocycles. The molecule has 0 aliphatic carbocycles. The van der Waals surface area contributed by atoms with Gasteiger partial charge in [-0.2, -0.15) is 0 Å². The van der Waals surface area contributed by atoms with E-state index in [2.05, 4.69) is 140 Å². The van der Waals surface area contributed by atoms with Crippen molar-refractivity contribution in [2.75, 3.05) is 6.79 Å². The molecule has 0 amide bonds. The first kappa shape index (κ1) is 26.4. The van der Waals surface area contributed by atoms with Crippen LogP contribution in [0.15, 0.2) is 162 Å². The Balaban J connectivity index is 1.21. The molecule has 0 bridgehead atoms. The molecule has 1 aliphatic rings. The maximum atomic E-state index is 6.21. The minimum atomic E-state index is 0.155. The first-order chi connectivity index (χ1) is 22.8. The van der Waals surface area contributed by atoms with Crippen molar-refractivity contribution >= 4 is 21.9 Å². The first-order valence-electron chi connectivity index (χ1n) is 15.5. The molecule has 0 saturated heterocycles. The molecule has 0 saturated carbocycles. The van der Waals surface area contributed by atoms with Gasteiger partial charge in [-0.25, -0.2) is 0 Å². The highest BCUT2D eigenvalue weighted by molar-refractivity contribution is 6.12. The normalized spacial score (nSPS) is 12.2. The number of benzene rings is 7. The fraction of sp³-hybridized carbons (Fsp3) is 0.0233. The highest BCUT2D eigenvalue weighted by atomic mass is 16.7. The van der Waals surface area contributed by atoms with Gasteiger partial charge in [-0.1, -0.05) is 103 Å². The Morgan fingerprint density at radius 1 is 0.348 bits per heavy atom. The van der Waals surface area contributed by atoms with Crippen LogP contribution in [0.25, 0.3) is 77.6 Å². The maximum absolute atomic E-state index is 6.21. The van der Waals surface area contributed by atoms with E-state index in [1.807, 2.05) is 18.2 Å². The number of hydrogen-bond donors (Lipinski definition) is 0. The molecular formula is C43H28O3. The molecule has 9 rings (SSSR count). The van der Waals surface area contributed by atoms with E-state index in [-0.39, 0.29) is 6.79 Å². The molecule has 1 aliphatic heterocycles. The van der Waals surface area contributed by atoms with E-state index in [9.17, 15) is 0 Å². The zero-order valence-corrected chi connectivity index (χ0v) is 24.9. The summed E-state index contributed by atoms with van der Waals surface area (Å²) in [7, 11) is 0. The second kappa shape index (κ2) is 10.8. The van der Waals surface area contributed by atoms with E-state index in [0.29, 0.717) is 0 Å². The van der Waals surface area contributed by atoms with Gasteiger partial charge in [-0.15, -0.1) is 0 Å². The van der Waals surface area contributed by atoms with Gasteiger partial charge < -0.3 is 13.9 Å². The number of rotatable bonds is 4. The van der Waals surface area contributed by atoms with Crippen LogP contribution < -0.4 is 9.47 Å². The summed E-state index contributed by atoms with van der Waals surface area (Å²) in [6, 6.07) is 55.3. The predicted octanol–water partition coefficient (Wildman–Crippen LogP) is 11.6. The lowest BCUT2D eigenvalue weighted by Crippen LogP contribution is -2.03. The largest absolute Gasteiger partial charge is 0.457 e. The molecule has 8 aromatic rings. The second-order valence-electron chi connectivity index (χ2n) is 11.6. The summed E-state index contributed by atoms with van der Waals surface area (Å²) in [5, 5.41) is 2.22. The van der Waals surface area contributed by atoms with Crippen molar-refractivity contribution in [2.24, 2.45) is 0 Å². The quantitative estimate of drug-likeness (QED) is 0.204. The van der Waals surface area contributed by atoms with E-state index < -0.39 is 0 Å². The van der Waals surface area contributed by atoms with Crippen LogP contribution in [0.4, 0.5) is 0 Å². The zero-order valence-electron chi connectivity index (χ0n) is 24.9. The van der Waals surface area contributed by atoms with Gasteiger partial charge >= 0.3 is 0 Å². The SMILES string of the molecule is c1ccc(-c2cc(-c3ccccc3)cc(-c3ccc4c(c3)-c3cc(-c5cccc6oc7ccccc7c56)ccc3OCO4)c2)cc1. The minimum absolute atomic E-state index is 0.155. The zero-order chi connectivity index (χ0) is 30.5. The van der Waals surface area contributed by atoms with Gasteiger partial charge in [0, 0.05) is 21.9 Å². The number of ether oxygens (including phenoxy) is 2. The van der Waals surface area contributed by atoms with E-state index in [0.717, 1.165) is 66.8 Å². The average Bonchev–Trinajstić information content (AvgIpc) is 3.41. The Morgan fingerprint density at radius 2 is 0.891 bits per heavy atom. The van der Waals surface area contributed by atoms with Crippen LogP contribution in [0.3, 0.4) is 0 Å². The van der Waals surface area contributed by atoms with Gasteiger partial charge in [0.25, 0.3) is 0 Å². The lowest BCUT2D eigenvalue weighted by atomic mass is 9.91. The monoisotopic (exact) mass is 592 g/mol. The molecule has 0 spiro atoms. The summed E-state index contributed by atoms with van der Waals surface area (Å²) in [5.41, 5.74) is 13.0. The molecule has 3 heteroatoms. The Kier molecular flexibility index (Phi) is 6.20. The van der Waals surface area contributed by atoms with E-state index in [1.165, 1.54) is 22.3 Å². The summed E-state index contributed by atoms with van der Waals surface area (Å²) in [4.78, 5) is 0. The third-order valence-electron chi connectivity index (χ3n) is 8.87. The molecule has 0 fully saturated rings. The fourth-order valence-electron chi connectivity index (χ4n) is 6.64. The van der Waals surface area contributed by atoms with Crippen molar-refractivity contribution in [3.8, 4) is 67.1 Å². The summed E-state index contributed by atoms with van der Waals surface area (Å²) in [6.07, 6.45) is 0. The lowest BCUT2D eigenvalue weighted by Gasteiger charge is -2.14. The van der Waals surface area contributed by atoms with Crippen molar-refractivity contribution in [3.63, 3.8) is 0 Å². The molecule has 46 heavy (non-hydrogen) atoms. The third kappa shape index (κ3) is 4.53. The molecule has 0 unspecified atom stereocenters. The van der Waals surface area contributed by atoms with Crippen LogP contribution in [0.2, 0.25) is 0 Å². The fourth-order valence-corrected chi connectivity index (χ4v) is 6.64. The average molecular weight is 593 g/mol. The second-order valence-corrected chi connectivity index (χ2v) is 11.6. The lowest BCUT2D eigenvalue weighted by molar-refractivity contribution is 0.125. The molecule has 0 radical (unpaired) electrons. The Bertz CT molecular complexity index is 2330. The topological polar surface area (TPSA) is 31.6 Å². The maximum Gasteiger partial charge on any atom is 0.230 e. The molecular weight excluding hydrogens is 564 g/mol. The molecule has 3 nitrogen and oxygen atoms in total. The van der Waals surface area contributed by atoms with Gasteiger partial charge in [-0.05, 0) is 99.1 Å². The standard InChI is InChI=1S/C43H28O3/c1-3-10-28(11-4-1)32-22-33(29-12-5-2-6-13-29)24-34(23-32)30-18-20-39-37(25-30)38-26-31(19-21-40(38)45-27-44-39)35-15-9-17-42-43(35)36-14-7-8-16-41(36)46-42/h1-26H,27H2. The summed E-state index contributed by atoms with van der Waals surface area (Å²) in [5.74, 6) is 1.60. The van der Waals surface area contributed by atoms with Gasteiger partial charge in [0.1, 0.15) is 22.7 Å². The molecule has 1 aromatic heterocycles. The highest BCUT2D eigenvalue weighted by Gasteiger charge is 2.20. The van der Waals surface area contributed by atoms with E-state index >= 15 is 0 Å². The van der Waals surface area contributed by atoms with Crippen LogP contribution in [-0.4, -0.2) is 6.79 Å². The molecule has 218 valence electrons.